The van der Waals surface area contributed by atoms with E-state index < -0.39 is 0 Å². The molecule has 0 radical (unpaired) electrons. The fraction of sp³-hybridized carbons (Fsp3) is 0.750. The maximum atomic E-state index is 5.23. The molecule has 0 bridgehead atoms. The van der Waals surface area contributed by atoms with Crippen molar-refractivity contribution in [1.29, 1.82) is 0 Å². The van der Waals surface area contributed by atoms with E-state index in [9.17, 15) is 0 Å². The summed E-state index contributed by atoms with van der Waals surface area (Å²) in [5.74, 6) is 0.693. The number of hydrogen-bond donors (Lipinski definition) is 1. The third kappa shape index (κ3) is 2.72. The molecule has 1 saturated heterocycles. The first kappa shape index (κ1) is 13.2. The highest BCUT2D eigenvalue weighted by Gasteiger charge is 2.41. The van der Waals surface area contributed by atoms with E-state index in [2.05, 4.69) is 30.1 Å². The number of furan rings is 1. The molecule has 3 nitrogen and oxygen atoms in total. The number of rotatable bonds is 3. The van der Waals surface area contributed by atoms with E-state index >= 15 is 0 Å². The maximum Gasteiger partial charge on any atom is 0.0947 e. The molecule has 1 spiro atoms. The molecule has 106 valence electrons. The molecule has 1 aromatic heterocycles. The Morgan fingerprint density at radius 1 is 1.42 bits per heavy atom. The van der Waals surface area contributed by atoms with Crippen LogP contribution in [0.3, 0.4) is 0 Å². The Labute approximate surface area is 116 Å². The number of piperazine rings is 1. The highest BCUT2D eigenvalue weighted by atomic mass is 16.3. The molecule has 2 fully saturated rings. The largest absolute Gasteiger partial charge is 0.472 e. The Morgan fingerprint density at radius 3 is 2.84 bits per heavy atom. The van der Waals surface area contributed by atoms with E-state index in [-0.39, 0.29) is 0 Å². The molecule has 19 heavy (non-hydrogen) atoms. The second-order valence-corrected chi connectivity index (χ2v) is 6.72. The van der Waals surface area contributed by atoms with Gasteiger partial charge in [0.25, 0.3) is 0 Å². The van der Waals surface area contributed by atoms with Crippen LogP contribution in [0.2, 0.25) is 0 Å². The summed E-state index contributed by atoms with van der Waals surface area (Å²) in [7, 11) is 0. The summed E-state index contributed by atoms with van der Waals surface area (Å²) in [5, 5.41) is 3.87. The van der Waals surface area contributed by atoms with Gasteiger partial charge in [-0.3, -0.25) is 4.90 Å². The summed E-state index contributed by atoms with van der Waals surface area (Å²) in [6.07, 6.45) is 9.14. The molecular weight excluding hydrogens is 236 g/mol. The Balaban J connectivity index is 1.74. The molecule has 0 amide bonds. The topological polar surface area (TPSA) is 28.4 Å². The van der Waals surface area contributed by atoms with Crippen molar-refractivity contribution in [2.24, 2.45) is 5.92 Å². The highest BCUT2D eigenvalue weighted by molar-refractivity contribution is 5.08. The third-order valence-corrected chi connectivity index (χ3v) is 4.96. The number of nitrogens with one attached hydrogen (secondary N) is 1. The molecule has 2 heterocycles. The summed E-state index contributed by atoms with van der Waals surface area (Å²) < 4.78 is 5.23. The van der Waals surface area contributed by atoms with Crippen LogP contribution in [-0.4, -0.2) is 29.6 Å². The van der Waals surface area contributed by atoms with Gasteiger partial charge < -0.3 is 9.73 Å². The van der Waals surface area contributed by atoms with Crippen LogP contribution >= 0.6 is 0 Å². The van der Waals surface area contributed by atoms with E-state index in [0.717, 1.165) is 13.1 Å². The lowest BCUT2D eigenvalue weighted by Gasteiger charge is -2.47. The molecule has 1 aromatic rings. The monoisotopic (exact) mass is 262 g/mol. The van der Waals surface area contributed by atoms with Crippen molar-refractivity contribution < 1.29 is 4.42 Å². The first-order valence-corrected chi connectivity index (χ1v) is 7.69. The molecule has 1 N–H and O–H groups in total. The molecule has 1 atom stereocenters. The highest BCUT2D eigenvalue weighted by Crippen LogP contribution is 2.34. The smallest absolute Gasteiger partial charge is 0.0947 e. The van der Waals surface area contributed by atoms with Crippen LogP contribution in [0.1, 0.15) is 45.1 Å². The first-order chi connectivity index (χ1) is 9.19. The average molecular weight is 262 g/mol. The Morgan fingerprint density at radius 2 is 2.21 bits per heavy atom. The molecule has 1 aliphatic carbocycles. The van der Waals surface area contributed by atoms with Gasteiger partial charge in [0.15, 0.2) is 0 Å². The van der Waals surface area contributed by atoms with Crippen LogP contribution in [0.5, 0.6) is 0 Å². The van der Waals surface area contributed by atoms with Crippen molar-refractivity contribution in [3.8, 4) is 0 Å². The zero-order chi connectivity index (χ0) is 13.3. The zero-order valence-corrected chi connectivity index (χ0v) is 12.2. The molecule has 1 unspecified atom stereocenters. The van der Waals surface area contributed by atoms with Crippen LogP contribution in [0.15, 0.2) is 23.0 Å². The second-order valence-electron chi connectivity index (χ2n) is 6.72. The van der Waals surface area contributed by atoms with Gasteiger partial charge in [-0.25, -0.2) is 0 Å². The molecule has 2 aliphatic rings. The van der Waals surface area contributed by atoms with Crippen molar-refractivity contribution in [2.45, 2.75) is 57.7 Å². The Hall–Kier alpha value is -0.800. The predicted molar refractivity (Wildman–Crippen MR) is 76.9 cm³/mol. The summed E-state index contributed by atoms with van der Waals surface area (Å²) in [5.41, 5.74) is 1.70. The molecule has 3 rings (SSSR count). The number of nitrogens with zero attached hydrogens (tertiary/aromatic N) is 1. The van der Waals surface area contributed by atoms with Crippen LogP contribution in [0.25, 0.3) is 0 Å². The van der Waals surface area contributed by atoms with Gasteiger partial charge in [-0.05, 0) is 24.8 Å². The van der Waals surface area contributed by atoms with Crippen LogP contribution in [0.4, 0.5) is 0 Å². The van der Waals surface area contributed by atoms with Crippen LogP contribution < -0.4 is 5.32 Å². The molecule has 1 saturated carbocycles. The third-order valence-electron chi connectivity index (χ3n) is 4.96. The van der Waals surface area contributed by atoms with Gasteiger partial charge in [-0.1, -0.05) is 26.7 Å². The Kier molecular flexibility index (Phi) is 3.68. The van der Waals surface area contributed by atoms with Crippen molar-refractivity contribution in [3.05, 3.63) is 24.2 Å². The average Bonchev–Trinajstić information content (AvgIpc) is 3.01. The van der Waals surface area contributed by atoms with Gasteiger partial charge in [0.05, 0.1) is 12.5 Å². The van der Waals surface area contributed by atoms with E-state index in [0.29, 0.717) is 17.5 Å². The standard InChI is InChI=1S/C16H26N2O/c1-13(2)15-9-17-16(6-3-4-7-16)12-18(15)10-14-5-8-19-11-14/h5,8,11,13,15,17H,3-4,6-7,9-10,12H2,1-2H3. The molecule has 0 aromatic carbocycles. The van der Waals surface area contributed by atoms with Crippen molar-refractivity contribution in [2.75, 3.05) is 13.1 Å². The summed E-state index contributed by atoms with van der Waals surface area (Å²) in [6.45, 7) is 8.03. The van der Waals surface area contributed by atoms with Crippen LogP contribution in [-0.2, 0) is 6.54 Å². The van der Waals surface area contributed by atoms with Crippen LogP contribution in [0, 0.1) is 5.92 Å². The fourth-order valence-electron chi connectivity index (χ4n) is 3.85. The lowest BCUT2D eigenvalue weighted by Crippen LogP contribution is -2.63. The Bertz CT molecular complexity index is 393. The maximum absolute atomic E-state index is 5.23. The SMILES string of the molecule is CC(C)C1CNC2(CCCC2)CN1Cc1ccoc1. The van der Waals surface area contributed by atoms with Gasteiger partial charge in [-0.15, -0.1) is 0 Å². The van der Waals surface area contributed by atoms with Crippen molar-refractivity contribution in [3.63, 3.8) is 0 Å². The lowest BCUT2D eigenvalue weighted by atomic mass is 9.89. The summed E-state index contributed by atoms with van der Waals surface area (Å²) in [4.78, 5) is 2.68. The van der Waals surface area contributed by atoms with Gasteiger partial charge >= 0.3 is 0 Å². The second kappa shape index (κ2) is 5.29. The number of hydrogen-bond acceptors (Lipinski definition) is 3. The minimum absolute atomic E-state index is 0.398. The molecule has 3 heteroatoms. The van der Waals surface area contributed by atoms with E-state index in [4.69, 9.17) is 4.42 Å². The predicted octanol–water partition coefficient (Wildman–Crippen LogP) is 3.02. The normalized spacial score (nSPS) is 27.4. The van der Waals surface area contributed by atoms with Gasteiger partial charge in [0, 0.05) is 36.8 Å². The van der Waals surface area contributed by atoms with E-state index in [1.54, 1.807) is 6.26 Å². The van der Waals surface area contributed by atoms with Gasteiger partial charge in [-0.2, -0.15) is 0 Å². The van der Waals surface area contributed by atoms with E-state index in [1.807, 2.05) is 6.26 Å². The summed E-state index contributed by atoms with van der Waals surface area (Å²) >= 11 is 0. The van der Waals surface area contributed by atoms with E-state index in [1.165, 1.54) is 37.8 Å². The molecular formula is C16H26N2O. The molecule has 1 aliphatic heterocycles. The van der Waals surface area contributed by atoms with Gasteiger partial charge in [0.2, 0.25) is 0 Å². The zero-order valence-electron chi connectivity index (χ0n) is 12.2. The van der Waals surface area contributed by atoms with Gasteiger partial charge in [0.1, 0.15) is 0 Å². The quantitative estimate of drug-likeness (QED) is 0.907. The summed E-state index contributed by atoms with van der Waals surface area (Å²) in [6, 6.07) is 2.74. The van der Waals surface area contributed by atoms with Crippen molar-refractivity contribution in [1.82, 2.24) is 10.2 Å². The van der Waals surface area contributed by atoms with Crippen molar-refractivity contribution >= 4 is 0 Å². The minimum Gasteiger partial charge on any atom is -0.472 e. The minimum atomic E-state index is 0.398. The first-order valence-electron chi connectivity index (χ1n) is 7.69. The fourth-order valence-corrected chi connectivity index (χ4v) is 3.85. The lowest BCUT2D eigenvalue weighted by molar-refractivity contribution is 0.0505.